The fraction of sp³-hybridized carbons (Fsp3) is 0.0526. The van der Waals surface area contributed by atoms with Crippen LogP contribution in [0.5, 0.6) is 11.5 Å². The summed E-state index contributed by atoms with van der Waals surface area (Å²) >= 11 is 0. The Bertz CT molecular complexity index is 928. The molecule has 0 aliphatic rings. The fourth-order valence-electron chi connectivity index (χ4n) is 2.40. The molecule has 5 heteroatoms. The summed E-state index contributed by atoms with van der Waals surface area (Å²) in [6, 6.07) is 17.6. The third kappa shape index (κ3) is 3.35. The van der Waals surface area contributed by atoms with E-state index in [-0.39, 0.29) is 17.1 Å². The molecule has 0 aromatic heterocycles. The second kappa shape index (κ2) is 6.42. The van der Waals surface area contributed by atoms with Gasteiger partial charge in [0.05, 0.1) is 5.71 Å². The van der Waals surface area contributed by atoms with Gasteiger partial charge in [-0.1, -0.05) is 36.4 Å². The minimum absolute atomic E-state index is 0.127. The molecule has 0 unspecified atom stereocenters. The first-order valence-corrected chi connectivity index (χ1v) is 7.40. The van der Waals surface area contributed by atoms with Crippen LogP contribution in [0.25, 0.3) is 10.8 Å². The number of aromatic hydroxyl groups is 2. The zero-order valence-corrected chi connectivity index (χ0v) is 13.0. The highest BCUT2D eigenvalue weighted by atomic mass is 16.3. The molecule has 0 fully saturated rings. The van der Waals surface area contributed by atoms with Gasteiger partial charge >= 0.3 is 0 Å². The lowest BCUT2D eigenvalue weighted by Gasteiger charge is -2.05. The fourth-order valence-corrected chi connectivity index (χ4v) is 2.40. The number of carbonyl (C=O) groups excluding carboxylic acids is 1. The van der Waals surface area contributed by atoms with E-state index >= 15 is 0 Å². The summed E-state index contributed by atoms with van der Waals surface area (Å²) < 4.78 is 0. The number of phenolic OH excluding ortho intramolecular Hbond substituents is 2. The van der Waals surface area contributed by atoms with Crippen LogP contribution in [0, 0.1) is 0 Å². The second-order valence-corrected chi connectivity index (χ2v) is 5.44. The molecule has 24 heavy (non-hydrogen) atoms. The highest BCUT2D eigenvalue weighted by Gasteiger charge is 2.08. The van der Waals surface area contributed by atoms with Gasteiger partial charge in [-0.25, -0.2) is 5.43 Å². The number of hydrazone groups is 1. The number of rotatable bonds is 3. The van der Waals surface area contributed by atoms with Crippen molar-refractivity contribution >= 4 is 22.4 Å². The van der Waals surface area contributed by atoms with E-state index < -0.39 is 5.91 Å². The number of nitrogens with one attached hydrogen (secondary N) is 1. The van der Waals surface area contributed by atoms with Gasteiger partial charge in [0.25, 0.3) is 5.91 Å². The lowest BCUT2D eigenvalue weighted by Crippen LogP contribution is -2.19. The molecule has 0 spiro atoms. The van der Waals surface area contributed by atoms with Gasteiger partial charge in [-0.3, -0.25) is 4.79 Å². The van der Waals surface area contributed by atoms with Crippen molar-refractivity contribution in [2.75, 3.05) is 0 Å². The van der Waals surface area contributed by atoms with Gasteiger partial charge in [0.15, 0.2) is 0 Å². The van der Waals surface area contributed by atoms with Crippen molar-refractivity contribution in [2.24, 2.45) is 5.10 Å². The molecule has 0 bridgehead atoms. The highest BCUT2D eigenvalue weighted by molar-refractivity contribution is 6.03. The van der Waals surface area contributed by atoms with E-state index in [4.69, 9.17) is 0 Å². The average molecular weight is 320 g/mol. The zero-order chi connectivity index (χ0) is 17.1. The third-order valence-electron chi connectivity index (χ3n) is 3.66. The molecular formula is C19H16N2O3. The Balaban J connectivity index is 1.80. The van der Waals surface area contributed by atoms with Gasteiger partial charge in [0.1, 0.15) is 11.5 Å². The van der Waals surface area contributed by atoms with Gasteiger partial charge in [0, 0.05) is 11.6 Å². The first kappa shape index (κ1) is 15.6. The maximum atomic E-state index is 12.1. The first-order valence-electron chi connectivity index (χ1n) is 7.40. The summed E-state index contributed by atoms with van der Waals surface area (Å²) in [7, 11) is 0. The predicted octanol–water partition coefficient (Wildman–Crippen LogP) is 3.41. The van der Waals surface area contributed by atoms with E-state index in [2.05, 4.69) is 10.5 Å². The van der Waals surface area contributed by atoms with E-state index in [0.29, 0.717) is 5.71 Å². The van der Waals surface area contributed by atoms with Gasteiger partial charge in [-0.2, -0.15) is 5.10 Å². The number of fused-ring (bicyclic) bond motifs is 1. The van der Waals surface area contributed by atoms with Crippen LogP contribution >= 0.6 is 0 Å². The SMILES string of the molecule is CC(=NNC(=O)c1cc(O)cc(O)c1)c1ccc2ccccc2c1. The molecule has 0 saturated carbocycles. The van der Waals surface area contributed by atoms with Crippen molar-refractivity contribution in [3.8, 4) is 11.5 Å². The Morgan fingerprint density at radius 1 is 0.875 bits per heavy atom. The van der Waals surface area contributed by atoms with Crippen LogP contribution in [-0.4, -0.2) is 21.8 Å². The lowest BCUT2D eigenvalue weighted by molar-refractivity contribution is 0.0954. The molecule has 5 nitrogen and oxygen atoms in total. The predicted molar refractivity (Wildman–Crippen MR) is 93.4 cm³/mol. The van der Waals surface area contributed by atoms with E-state index in [1.54, 1.807) is 6.92 Å². The Hall–Kier alpha value is -3.34. The molecule has 3 N–H and O–H groups in total. The zero-order valence-electron chi connectivity index (χ0n) is 13.0. The van der Waals surface area contributed by atoms with Crippen molar-refractivity contribution in [2.45, 2.75) is 6.92 Å². The van der Waals surface area contributed by atoms with Crippen molar-refractivity contribution in [3.63, 3.8) is 0 Å². The Kier molecular flexibility index (Phi) is 4.16. The topological polar surface area (TPSA) is 81.9 Å². The summed E-state index contributed by atoms with van der Waals surface area (Å²) in [6.07, 6.45) is 0. The third-order valence-corrected chi connectivity index (χ3v) is 3.66. The molecule has 0 aliphatic heterocycles. The molecule has 0 radical (unpaired) electrons. The van der Waals surface area contributed by atoms with E-state index in [1.807, 2.05) is 42.5 Å². The van der Waals surface area contributed by atoms with Gasteiger partial charge in [-0.05, 0) is 41.5 Å². The van der Waals surface area contributed by atoms with Gasteiger partial charge in [-0.15, -0.1) is 0 Å². The largest absolute Gasteiger partial charge is 0.508 e. The maximum Gasteiger partial charge on any atom is 0.271 e. The molecule has 1 amide bonds. The van der Waals surface area contributed by atoms with Crippen LogP contribution in [-0.2, 0) is 0 Å². The Morgan fingerprint density at radius 3 is 2.25 bits per heavy atom. The van der Waals surface area contributed by atoms with Gasteiger partial charge in [0.2, 0.25) is 0 Å². The average Bonchev–Trinajstić information content (AvgIpc) is 2.58. The van der Waals surface area contributed by atoms with Crippen LogP contribution in [0.15, 0.2) is 65.8 Å². The van der Waals surface area contributed by atoms with Crippen LogP contribution in [0.3, 0.4) is 0 Å². The van der Waals surface area contributed by atoms with E-state index in [1.165, 1.54) is 12.1 Å². The molecule has 3 rings (SSSR count). The molecular weight excluding hydrogens is 304 g/mol. The first-order chi connectivity index (χ1) is 11.5. The highest BCUT2D eigenvalue weighted by Crippen LogP contribution is 2.20. The number of carbonyl (C=O) groups is 1. The monoisotopic (exact) mass is 320 g/mol. The maximum absolute atomic E-state index is 12.1. The molecule has 120 valence electrons. The Morgan fingerprint density at radius 2 is 1.54 bits per heavy atom. The summed E-state index contributed by atoms with van der Waals surface area (Å²) in [5, 5.41) is 25.2. The number of amides is 1. The molecule has 0 aliphatic carbocycles. The normalized spacial score (nSPS) is 11.5. The quantitative estimate of drug-likeness (QED) is 0.511. The van der Waals surface area contributed by atoms with Crippen molar-refractivity contribution in [1.82, 2.24) is 5.43 Å². The molecule has 0 heterocycles. The molecule has 3 aromatic rings. The molecule has 0 saturated heterocycles. The lowest BCUT2D eigenvalue weighted by atomic mass is 10.0. The summed E-state index contributed by atoms with van der Waals surface area (Å²) in [5.41, 5.74) is 4.10. The van der Waals surface area contributed by atoms with E-state index in [9.17, 15) is 15.0 Å². The summed E-state index contributed by atoms with van der Waals surface area (Å²) in [4.78, 5) is 12.1. The number of hydrogen-bond donors (Lipinski definition) is 3. The van der Waals surface area contributed by atoms with Crippen LogP contribution in [0.1, 0.15) is 22.8 Å². The van der Waals surface area contributed by atoms with Crippen molar-refractivity contribution < 1.29 is 15.0 Å². The number of benzene rings is 3. The van der Waals surface area contributed by atoms with Crippen molar-refractivity contribution in [3.05, 3.63) is 71.8 Å². The molecule has 0 atom stereocenters. The Labute approximate surface area is 138 Å². The number of hydrogen-bond acceptors (Lipinski definition) is 4. The minimum Gasteiger partial charge on any atom is -0.508 e. The number of nitrogens with zero attached hydrogens (tertiary/aromatic N) is 1. The molecule has 3 aromatic carbocycles. The van der Waals surface area contributed by atoms with Gasteiger partial charge < -0.3 is 10.2 Å². The van der Waals surface area contributed by atoms with Crippen LogP contribution in [0.4, 0.5) is 0 Å². The van der Waals surface area contributed by atoms with Crippen molar-refractivity contribution in [1.29, 1.82) is 0 Å². The summed E-state index contributed by atoms with van der Waals surface area (Å²) in [6.45, 7) is 1.80. The standard InChI is InChI=1S/C19H16N2O3/c1-12(14-7-6-13-4-2-3-5-15(13)8-14)20-21-19(24)16-9-17(22)11-18(23)10-16/h2-11,22-23H,1H3,(H,21,24). The minimum atomic E-state index is -0.513. The summed E-state index contributed by atoms with van der Waals surface area (Å²) in [5.74, 6) is -0.882. The smallest absolute Gasteiger partial charge is 0.271 e. The van der Waals surface area contributed by atoms with E-state index in [0.717, 1.165) is 22.4 Å². The van der Waals surface area contributed by atoms with Crippen LogP contribution < -0.4 is 5.43 Å². The van der Waals surface area contributed by atoms with Crippen LogP contribution in [0.2, 0.25) is 0 Å². The second-order valence-electron chi connectivity index (χ2n) is 5.44. The number of phenols is 2.